The number of carbonyl (C=O) groups is 1. The van der Waals surface area contributed by atoms with Crippen molar-refractivity contribution in [2.75, 3.05) is 5.75 Å². The molecule has 0 aromatic heterocycles. The van der Waals surface area contributed by atoms with Gasteiger partial charge in [-0.1, -0.05) is 0 Å². The van der Waals surface area contributed by atoms with Crippen molar-refractivity contribution < 1.29 is 9.90 Å². The van der Waals surface area contributed by atoms with E-state index < -0.39 is 12.0 Å². The number of carboxylic acid groups (broad SMARTS) is 1. The molecule has 0 rings (SSSR count). The summed E-state index contributed by atoms with van der Waals surface area (Å²) < 4.78 is 0. The normalized spacial score (nSPS) is 11.8. The SMILES string of the molecule is N.N[C@@H](CCS)C(=O)O. The highest BCUT2D eigenvalue weighted by molar-refractivity contribution is 7.80. The predicted octanol–water partition coefficient (Wildman–Crippen LogP) is -0.120. The highest BCUT2D eigenvalue weighted by atomic mass is 32.1. The summed E-state index contributed by atoms with van der Waals surface area (Å²) in [6.07, 6.45) is 0.429. The lowest BCUT2D eigenvalue weighted by atomic mass is 10.2. The average molecular weight is 152 g/mol. The van der Waals surface area contributed by atoms with Crippen LogP contribution in [0.5, 0.6) is 0 Å². The van der Waals surface area contributed by atoms with Gasteiger partial charge in [-0.3, -0.25) is 4.79 Å². The monoisotopic (exact) mass is 152 g/mol. The third kappa shape index (κ3) is 5.61. The summed E-state index contributed by atoms with van der Waals surface area (Å²) in [5.41, 5.74) is 5.08. The van der Waals surface area contributed by atoms with E-state index in [4.69, 9.17) is 10.8 Å². The van der Waals surface area contributed by atoms with Crippen LogP contribution in [0.1, 0.15) is 6.42 Å². The van der Waals surface area contributed by atoms with Crippen molar-refractivity contribution >= 4 is 18.6 Å². The Morgan fingerprint density at radius 2 is 2.22 bits per heavy atom. The van der Waals surface area contributed by atoms with Crippen LogP contribution in [0.25, 0.3) is 0 Å². The quantitative estimate of drug-likeness (QED) is 0.424. The van der Waals surface area contributed by atoms with Gasteiger partial charge >= 0.3 is 5.97 Å². The number of thiol groups is 1. The second-order valence-corrected chi connectivity index (χ2v) is 1.90. The molecule has 0 aliphatic heterocycles. The summed E-state index contributed by atoms with van der Waals surface area (Å²) in [5.74, 6) is -0.438. The van der Waals surface area contributed by atoms with Crippen molar-refractivity contribution in [2.45, 2.75) is 12.5 Å². The molecule has 5 heteroatoms. The van der Waals surface area contributed by atoms with Crippen molar-refractivity contribution in [3.63, 3.8) is 0 Å². The Bertz CT molecular complexity index is 88.6. The van der Waals surface area contributed by atoms with Gasteiger partial charge in [0.05, 0.1) is 0 Å². The average Bonchev–Trinajstić information content (AvgIpc) is 1.67. The van der Waals surface area contributed by atoms with Gasteiger partial charge < -0.3 is 17.0 Å². The second kappa shape index (κ2) is 5.87. The standard InChI is InChI=1S/C4H9NO2S.H3N/c5-3(1-2-8)4(6)7;/h3,8H,1-2,5H2,(H,6,7);1H3/t3-;/m0./s1. The maximum absolute atomic E-state index is 9.93. The van der Waals surface area contributed by atoms with E-state index in [1.54, 1.807) is 0 Å². The molecule has 0 aliphatic carbocycles. The van der Waals surface area contributed by atoms with Crippen molar-refractivity contribution in [2.24, 2.45) is 5.73 Å². The predicted molar refractivity (Wildman–Crippen MR) is 39.1 cm³/mol. The molecule has 6 N–H and O–H groups in total. The van der Waals surface area contributed by atoms with Crippen LogP contribution in [-0.4, -0.2) is 22.9 Å². The summed E-state index contributed by atoms with van der Waals surface area (Å²) in [4.78, 5) is 9.93. The minimum atomic E-state index is -0.959. The maximum Gasteiger partial charge on any atom is 0.320 e. The van der Waals surface area contributed by atoms with Crippen molar-refractivity contribution in [3.8, 4) is 0 Å². The van der Waals surface area contributed by atoms with Gasteiger partial charge in [0.25, 0.3) is 0 Å². The number of hydrogen-bond donors (Lipinski definition) is 4. The Hall–Kier alpha value is -0.260. The molecule has 0 aliphatic rings. The largest absolute Gasteiger partial charge is 0.480 e. The molecular formula is C4H12N2O2S. The summed E-state index contributed by atoms with van der Waals surface area (Å²) in [6, 6.07) is -0.743. The minimum absolute atomic E-state index is 0. The summed E-state index contributed by atoms with van der Waals surface area (Å²) in [7, 11) is 0. The van der Waals surface area contributed by atoms with Gasteiger partial charge in [0.1, 0.15) is 6.04 Å². The molecule has 0 spiro atoms. The fourth-order valence-electron chi connectivity index (χ4n) is 0.263. The van der Waals surface area contributed by atoms with Gasteiger partial charge in [-0.2, -0.15) is 12.6 Å². The zero-order valence-electron chi connectivity index (χ0n) is 5.08. The summed E-state index contributed by atoms with van der Waals surface area (Å²) >= 11 is 3.81. The van der Waals surface area contributed by atoms with Gasteiger partial charge in [-0.25, -0.2) is 0 Å². The molecule has 0 fully saturated rings. The molecule has 0 amide bonds. The van der Waals surface area contributed by atoms with Gasteiger partial charge in [0.2, 0.25) is 0 Å². The first-order valence-corrected chi connectivity index (χ1v) is 2.91. The van der Waals surface area contributed by atoms with E-state index in [-0.39, 0.29) is 6.15 Å². The fraction of sp³-hybridized carbons (Fsp3) is 0.750. The summed E-state index contributed by atoms with van der Waals surface area (Å²) in [5, 5.41) is 8.15. The first kappa shape index (κ1) is 11.5. The van der Waals surface area contributed by atoms with E-state index in [0.29, 0.717) is 12.2 Å². The molecule has 0 heterocycles. The zero-order valence-corrected chi connectivity index (χ0v) is 5.97. The Morgan fingerprint density at radius 1 is 1.78 bits per heavy atom. The number of hydrogen-bond acceptors (Lipinski definition) is 4. The van der Waals surface area contributed by atoms with E-state index in [1.165, 1.54) is 0 Å². The molecule has 4 nitrogen and oxygen atoms in total. The topological polar surface area (TPSA) is 98.3 Å². The van der Waals surface area contributed by atoms with Crippen LogP contribution in [-0.2, 0) is 4.79 Å². The lowest BCUT2D eigenvalue weighted by Crippen LogP contribution is -2.30. The van der Waals surface area contributed by atoms with Crippen LogP contribution < -0.4 is 11.9 Å². The molecular weight excluding hydrogens is 140 g/mol. The van der Waals surface area contributed by atoms with Gasteiger partial charge in [0, 0.05) is 0 Å². The number of carboxylic acids is 1. The van der Waals surface area contributed by atoms with E-state index >= 15 is 0 Å². The molecule has 0 aromatic rings. The molecule has 0 bridgehead atoms. The Balaban J connectivity index is 0. The first-order chi connectivity index (χ1) is 3.68. The molecule has 0 saturated heterocycles. The smallest absolute Gasteiger partial charge is 0.320 e. The molecule has 0 aromatic carbocycles. The molecule has 0 unspecified atom stereocenters. The minimum Gasteiger partial charge on any atom is -0.480 e. The summed E-state index contributed by atoms with van der Waals surface area (Å²) in [6.45, 7) is 0. The van der Waals surface area contributed by atoms with E-state index in [9.17, 15) is 4.79 Å². The van der Waals surface area contributed by atoms with Crippen LogP contribution in [0.4, 0.5) is 0 Å². The van der Waals surface area contributed by atoms with Gasteiger partial charge in [-0.15, -0.1) is 0 Å². The number of nitrogens with two attached hydrogens (primary N) is 1. The van der Waals surface area contributed by atoms with Crippen LogP contribution >= 0.6 is 12.6 Å². The number of aliphatic carboxylic acids is 1. The van der Waals surface area contributed by atoms with E-state index in [2.05, 4.69) is 12.6 Å². The van der Waals surface area contributed by atoms with Crippen molar-refractivity contribution in [3.05, 3.63) is 0 Å². The van der Waals surface area contributed by atoms with Gasteiger partial charge in [-0.05, 0) is 12.2 Å². The maximum atomic E-state index is 9.93. The lowest BCUT2D eigenvalue weighted by molar-refractivity contribution is -0.138. The van der Waals surface area contributed by atoms with Crippen LogP contribution in [0.15, 0.2) is 0 Å². The Morgan fingerprint density at radius 3 is 2.33 bits per heavy atom. The van der Waals surface area contributed by atoms with Crippen LogP contribution in [0, 0.1) is 0 Å². The highest BCUT2D eigenvalue weighted by Gasteiger charge is 2.08. The van der Waals surface area contributed by atoms with Crippen LogP contribution in [0.3, 0.4) is 0 Å². The van der Waals surface area contributed by atoms with E-state index in [0.717, 1.165) is 0 Å². The molecule has 0 radical (unpaired) electrons. The van der Waals surface area contributed by atoms with Crippen molar-refractivity contribution in [1.82, 2.24) is 6.15 Å². The second-order valence-electron chi connectivity index (χ2n) is 1.46. The Kier molecular flexibility index (Phi) is 7.52. The molecule has 1 atom stereocenters. The lowest BCUT2D eigenvalue weighted by Gasteiger charge is -2.00. The first-order valence-electron chi connectivity index (χ1n) is 2.27. The van der Waals surface area contributed by atoms with Gasteiger partial charge in [0.15, 0.2) is 0 Å². The Labute approximate surface area is 59.4 Å². The molecule has 0 saturated carbocycles. The van der Waals surface area contributed by atoms with E-state index in [1.807, 2.05) is 0 Å². The third-order valence-corrected chi connectivity index (χ3v) is 1.02. The fourth-order valence-corrected chi connectivity index (χ4v) is 0.541. The van der Waals surface area contributed by atoms with Crippen molar-refractivity contribution in [1.29, 1.82) is 0 Å². The molecule has 9 heavy (non-hydrogen) atoms. The highest BCUT2D eigenvalue weighted by Crippen LogP contribution is 1.88. The molecule has 56 valence electrons. The number of rotatable bonds is 3. The zero-order chi connectivity index (χ0) is 6.57. The third-order valence-electron chi connectivity index (χ3n) is 0.757. The van der Waals surface area contributed by atoms with Crippen LogP contribution in [0.2, 0.25) is 0 Å².